The number of hydrogen-bond acceptors (Lipinski definition) is 3. The molecule has 4 fully saturated rings. The average Bonchev–Trinajstić information content (AvgIpc) is 2.99. The minimum Gasteiger partial charge on any atom is -0.342 e. The van der Waals surface area contributed by atoms with Crippen molar-refractivity contribution in [3.8, 4) is 0 Å². The first-order chi connectivity index (χ1) is 11.7. The van der Waals surface area contributed by atoms with Gasteiger partial charge in [0.25, 0.3) is 0 Å². The van der Waals surface area contributed by atoms with E-state index >= 15 is 0 Å². The Kier molecular flexibility index (Phi) is 4.54. The minimum atomic E-state index is -0.0895. The van der Waals surface area contributed by atoms with Crippen LogP contribution in [-0.2, 0) is 9.59 Å². The Hall–Kier alpha value is -1.10. The van der Waals surface area contributed by atoms with Gasteiger partial charge in [-0.15, -0.1) is 0 Å². The van der Waals surface area contributed by atoms with E-state index in [0.717, 1.165) is 32.5 Å². The molecule has 0 radical (unpaired) electrons. The summed E-state index contributed by atoms with van der Waals surface area (Å²) < 4.78 is 0. The lowest BCUT2D eigenvalue weighted by atomic mass is 10.0. The zero-order chi connectivity index (χ0) is 16.7. The van der Waals surface area contributed by atoms with Crippen molar-refractivity contribution >= 4 is 11.8 Å². The molecule has 1 aliphatic carbocycles. The molecule has 5 heteroatoms. The molecule has 134 valence electrons. The Morgan fingerprint density at radius 1 is 1.08 bits per heavy atom. The molecule has 3 heterocycles. The number of likely N-dealkylation sites (tertiary alicyclic amines) is 3. The summed E-state index contributed by atoms with van der Waals surface area (Å²) in [5, 5.41) is 0. The molecule has 4 rings (SSSR count). The molecule has 3 atom stereocenters. The summed E-state index contributed by atoms with van der Waals surface area (Å²) in [6, 6.07) is 0.925. The summed E-state index contributed by atoms with van der Waals surface area (Å²) >= 11 is 0. The van der Waals surface area contributed by atoms with Gasteiger partial charge in [-0.1, -0.05) is 6.92 Å². The van der Waals surface area contributed by atoms with Gasteiger partial charge in [0.05, 0.1) is 5.92 Å². The smallest absolute Gasteiger partial charge is 0.228 e. The quantitative estimate of drug-likeness (QED) is 0.769. The van der Waals surface area contributed by atoms with Crippen LogP contribution in [0.2, 0.25) is 0 Å². The van der Waals surface area contributed by atoms with Crippen molar-refractivity contribution in [2.24, 2.45) is 11.8 Å². The van der Waals surface area contributed by atoms with Crippen LogP contribution in [0.5, 0.6) is 0 Å². The van der Waals surface area contributed by atoms with Gasteiger partial charge in [-0.3, -0.25) is 14.5 Å². The molecule has 0 N–H and O–H groups in total. The fourth-order valence-corrected chi connectivity index (χ4v) is 5.11. The van der Waals surface area contributed by atoms with Crippen LogP contribution in [0.3, 0.4) is 0 Å². The van der Waals surface area contributed by atoms with Crippen LogP contribution in [0, 0.1) is 11.8 Å². The summed E-state index contributed by atoms with van der Waals surface area (Å²) in [6.45, 7) is 6.94. The number of carbonyl (C=O) groups excluding carboxylic acids is 2. The number of nitrogens with zero attached hydrogens (tertiary/aromatic N) is 3. The predicted molar refractivity (Wildman–Crippen MR) is 92.4 cm³/mol. The number of likely N-dealkylation sites (N-methyl/N-ethyl adjacent to an activating group) is 1. The molecule has 0 aromatic carbocycles. The number of rotatable bonds is 5. The fourth-order valence-electron chi connectivity index (χ4n) is 5.11. The molecular formula is C19H31N3O2. The molecular weight excluding hydrogens is 302 g/mol. The molecule has 3 saturated heterocycles. The van der Waals surface area contributed by atoms with Crippen LogP contribution in [0.15, 0.2) is 0 Å². The van der Waals surface area contributed by atoms with Gasteiger partial charge in [-0.2, -0.15) is 0 Å². The van der Waals surface area contributed by atoms with Gasteiger partial charge in [0.1, 0.15) is 0 Å². The van der Waals surface area contributed by atoms with Crippen molar-refractivity contribution in [2.45, 2.75) is 64.0 Å². The topological polar surface area (TPSA) is 43.9 Å². The van der Waals surface area contributed by atoms with Crippen LogP contribution >= 0.6 is 0 Å². The second-order valence-corrected chi connectivity index (χ2v) is 8.22. The maximum Gasteiger partial charge on any atom is 0.228 e. The summed E-state index contributed by atoms with van der Waals surface area (Å²) in [7, 11) is 0. The average molecular weight is 333 g/mol. The normalized spacial score (nSPS) is 34.5. The first-order valence-electron chi connectivity index (χ1n) is 9.99. The van der Waals surface area contributed by atoms with Gasteiger partial charge in [-0.05, 0) is 57.5 Å². The van der Waals surface area contributed by atoms with Gasteiger partial charge in [0.15, 0.2) is 0 Å². The molecule has 3 aliphatic heterocycles. The summed E-state index contributed by atoms with van der Waals surface area (Å²) in [4.78, 5) is 32.0. The maximum atomic E-state index is 13.1. The molecule has 4 aliphatic rings. The van der Waals surface area contributed by atoms with E-state index in [1.54, 1.807) is 0 Å². The first kappa shape index (κ1) is 16.4. The Balaban J connectivity index is 1.40. The third-order valence-electron chi connectivity index (χ3n) is 6.59. The third-order valence-corrected chi connectivity index (χ3v) is 6.59. The zero-order valence-corrected chi connectivity index (χ0v) is 15.0. The lowest BCUT2D eigenvalue weighted by Gasteiger charge is -2.35. The maximum absolute atomic E-state index is 13.1. The van der Waals surface area contributed by atoms with Gasteiger partial charge >= 0.3 is 0 Å². The Bertz CT molecular complexity index is 505. The molecule has 24 heavy (non-hydrogen) atoms. The SMILES string of the molecule is CCN1CCC[C@@H]1[C@@H]1CCCN1C(=O)[C@@H]1CC(=O)N(CC2CC2)C1. The highest BCUT2D eigenvalue weighted by Crippen LogP contribution is 2.34. The van der Waals surface area contributed by atoms with E-state index < -0.39 is 0 Å². The van der Waals surface area contributed by atoms with E-state index in [-0.39, 0.29) is 17.7 Å². The number of amides is 2. The van der Waals surface area contributed by atoms with Crippen LogP contribution in [0.4, 0.5) is 0 Å². The van der Waals surface area contributed by atoms with Crippen molar-refractivity contribution < 1.29 is 9.59 Å². The lowest BCUT2D eigenvalue weighted by Crippen LogP contribution is -2.50. The second kappa shape index (κ2) is 6.66. The molecule has 0 aromatic rings. The molecule has 5 nitrogen and oxygen atoms in total. The number of carbonyl (C=O) groups is 2. The van der Waals surface area contributed by atoms with E-state index in [1.807, 2.05) is 4.90 Å². The molecule has 2 amide bonds. The monoisotopic (exact) mass is 333 g/mol. The standard InChI is InChI=1S/C19H31N3O2/c1-2-20-9-3-5-16(20)17-6-4-10-22(17)19(24)15-11-18(23)21(13-15)12-14-7-8-14/h14-17H,2-13H2,1H3/t15-,16-,17+/m1/s1. The largest absolute Gasteiger partial charge is 0.342 e. The zero-order valence-electron chi connectivity index (χ0n) is 15.0. The highest BCUT2D eigenvalue weighted by Gasteiger charge is 2.44. The summed E-state index contributed by atoms with van der Waals surface area (Å²) in [6.07, 6.45) is 7.69. The van der Waals surface area contributed by atoms with Crippen LogP contribution in [-0.4, -0.2) is 71.3 Å². The van der Waals surface area contributed by atoms with Gasteiger partial charge in [0, 0.05) is 38.1 Å². The van der Waals surface area contributed by atoms with Crippen molar-refractivity contribution in [1.82, 2.24) is 14.7 Å². The van der Waals surface area contributed by atoms with E-state index in [2.05, 4.69) is 16.7 Å². The van der Waals surface area contributed by atoms with E-state index in [1.165, 1.54) is 32.2 Å². The lowest BCUT2D eigenvalue weighted by molar-refractivity contribution is -0.137. The fraction of sp³-hybridized carbons (Fsp3) is 0.895. The molecule has 0 unspecified atom stereocenters. The van der Waals surface area contributed by atoms with Crippen LogP contribution in [0.25, 0.3) is 0 Å². The van der Waals surface area contributed by atoms with Crippen LogP contribution < -0.4 is 0 Å². The molecule has 0 bridgehead atoms. The summed E-state index contributed by atoms with van der Waals surface area (Å²) in [5.74, 6) is 1.08. The Labute approximate surface area is 145 Å². The first-order valence-corrected chi connectivity index (χ1v) is 9.99. The molecule has 1 saturated carbocycles. The van der Waals surface area contributed by atoms with Crippen LogP contribution in [0.1, 0.15) is 51.9 Å². The minimum absolute atomic E-state index is 0.0895. The van der Waals surface area contributed by atoms with Gasteiger partial charge in [0.2, 0.25) is 11.8 Å². The van der Waals surface area contributed by atoms with Crippen molar-refractivity contribution in [2.75, 3.05) is 32.7 Å². The van der Waals surface area contributed by atoms with Gasteiger partial charge < -0.3 is 9.80 Å². The second-order valence-electron chi connectivity index (χ2n) is 8.22. The van der Waals surface area contributed by atoms with E-state index in [0.29, 0.717) is 31.0 Å². The molecule has 0 spiro atoms. The number of hydrogen-bond donors (Lipinski definition) is 0. The van der Waals surface area contributed by atoms with Gasteiger partial charge in [-0.25, -0.2) is 0 Å². The van der Waals surface area contributed by atoms with E-state index in [9.17, 15) is 9.59 Å². The molecule has 0 aromatic heterocycles. The predicted octanol–water partition coefficient (Wildman–Crippen LogP) is 1.72. The van der Waals surface area contributed by atoms with Crippen molar-refractivity contribution in [3.63, 3.8) is 0 Å². The van der Waals surface area contributed by atoms with Crippen molar-refractivity contribution in [3.05, 3.63) is 0 Å². The van der Waals surface area contributed by atoms with Crippen molar-refractivity contribution in [1.29, 1.82) is 0 Å². The third kappa shape index (κ3) is 3.07. The summed E-state index contributed by atoms with van der Waals surface area (Å²) in [5.41, 5.74) is 0. The highest BCUT2D eigenvalue weighted by molar-refractivity contribution is 5.89. The van der Waals surface area contributed by atoms with E-state index in [4.69, 9.17) is 0 Å². The Morgan fingerprint density at radius 3 is 2.58 bits per heavy atom. The Morgan fingerprint density at radius 2 is 1.83 bits per heavy atom. The highest BCUT2D eigenvalue weighted by atomic mass is 16.2.